The van der Waals surface area contributed by atoms with E-state index in [-0.39, 0.29) is 24.3 Å². The van der Waals surface area contributed by atoms with Gasteiger partial charge >= 0.3 is 12.0 Å². The topological polar surface area (TPSA) is 229 Å². The van der Waals surface area contributed by atoms with Crippen LogP contribution >= 0.6 is 0 Å². The van der Waals surface area contributed by atoms with Crippen molar-refractivity contribution in [2.75, 3.05) is 19.6 Å². The average Bonchev–Trinajstić information content (AvgIpc) is 3.34. The molecule has 0 aliphatic carbocycles. The molecule has 5 amide bonds. The van der Waals surface area contributed by atoms with E-state index in [1.807, 2.05) is 0 Å². The van der Waals surface area contributed by atoms with Crippen molar-refractivity contribution in [2.45, 2.75) is 30.7 Å². The van der Waals surface area contributed by atoms with E-state index in [9.17, 15) is 37.5 Å². The van der Waals surface area contributed by atoms with Gasteiger partial charge in [0.2, 0.25) is 17.7 Å². The number of carbonyl (C=O) groups excluding carboxylic acids is 4. The van der Waals surface area contributed by atoms with Crippen LogP contribution in [0.3, 0.4) is 0 Å². The number of aromatic amines is 1. The number of nitrogens with zero attached hydrogens (tertiary/aromatic N) is 1. The molecule has 16 heteroatoms. The lowest BCUT2D eigenvalue weighted by molar-refractivity contribution is -0.141. The summed E-state index contributed by atoms with van der Waals surface area (Å²) < 4.78 is 26.3. The number of rotatable bonds is 13. The van der Waals surface area contributed by atoms with Gasteiger partial charge in [-0.25, -0.2) is 27.7 Å². The molecule has 0 aliphatic heterocycles. The molecule has 200 valence electrons. The maximum atomic E-state index is 12.2. The summed E-state index contributed by atoms with van der Waals surface area (Å²) in [6, 6.07) is 3.72. The van der Waals surface area contributed by atoms with Crippen molar-refractivity contribution in [3.63, 3.8) is 0 Å². The Hall–Kier alpha value is -4.47. The Balaban J connectivity index is 1.64. The Kier molecular flexibility index (Phi) is 10.6. The fourth-order valence-corrected chi connectivity index (χ4v) is 4.11. The number of amides is 5. The highest BCUT2D eigenvalue weighted by Crippen LogP contribution is 2.13. The lowest BCUT2D eigenvalue weighted by atomic mass is 10.1. The third-order valence-corrected chi connectivity index (χ3v) is 6.24. The first-order valence-electron chi connectivity index (χ1n) is 10.9. The zero-order chi connectivity index (χ0) is 27.4. The molecular weight excluding hydrogens is 510 g/mol. The molecule has 1 atom stereocenters. The number of H-pyrrole nitrogens is 1. The first-order valence-corrected chi connectivity index (χ1v) is 12.4. The number of aromatic nitrogens is 2. The molecule has 0 aliphatic rings. The molecular formula is C21H27N7O8S. The minimum absolute atomic E-state index is 0.00332. The number of hydrogen-bond donors (Lipinski definition) is 7. The quantitative estimate of drug-likeness (QED) is 0.152. The van der Waals surface area contributed by atoms with E-state index in [0.29, 0.717) is 11.3 Å². The molecule has 0 fully saturated rings. The normalized spacial score (nSPS) is 11.6. The SMILES string of the molecule is Cc1ccccc1S(=O)(=O)NC(=O)NCC(=O)NCC(=O)NCCC(=O)N[C@@H](Cc1cnc[nH]1)C(=O)O. The predicted molar refractivity (Wildman–Crippen MR) is 127 cm³/mol. The van der Waals surface area contributed by atoms with E-state index in [1.165, 1.54) is 24.7 Å². The van der Waals surface area contributed by atoms with Crippen LogP contribution in [-0.2, 0) is 35.6 Å². The number of benzene rings is 1. The summed E-state index contributed by atoms with van der Waals surface area (Å²) >= 11 is 0. The van der Waals surface area contributed by atoms with E-state index in [2.05, 4.69) is 31.2 Å². The van der Waals surface area contributed by atoms with Crippen LogP contribution < -0.4 is 26.0 Å². The van der Waals surface area contributed by atoms with Gasteiger partial charge in [0.1, 0.15) is 6.04 Å². The van der Waals surface area contributed by atoms with Crippen molar-refractivity contribution in [2.24, 2.45) is 0 Å². The van der Waals surface area contributed by atoms with Crippen molar-refractivity contribution in [1.29, 1.82) is 0 Å². The number of nitrogens with one attached hydrogen (secondary N) is 6. The summed E-state index contributed by atoms with van der Waals surface area (Å²) in [4.78, 5) is 65.3. The zero-order valence-electron chi connectivity index (χ0n) is 19.7. The molecule has 0 saturated heterocycles. The summed E-state index contributed by atoms with van der Waals surface area (Å²) in [5, 5.41) is 18.2. The highest BCUT2D eigenvalue weighted by Gasteiger charge is 2.21. The van der Waals surface area contributed by atoms with E-state index < -0.39 is 58.9 Å². The van der Waals surface area contributed by atoms with Crippen LogP contribution in [0.4, 0.5) is 4.79 Å². The highest BCUT2D eigenvalue weighted by molar-refractivity contribution is 7.90. The molecule has 37 heavy (non-hydrogen) atoms. The second-order valence-corrected chi connectivity index (χ2v) is 9.32. The minimum atomic E-state index is -4.13. The second kappa shape index (κ2) is 13.6. The first kappa shape index (κ1) is 28.8. The summed E-state index contributed by atoms with van der Waals surface area (Å²) in [5.41, 5.74) is 0.955. The fraction of sp³-hybridized carbons (Fsp3) is 0.333. The maximum absolute atomic E-state index is 12.2. The molecule has 0 radical (unpaired) electrons. The number of aryl methyl sites for hydroxylation is 1. The van der Waals surface area contributed by atoms with Crippen LogP contribution in [0.25, 0.3) is 0 Å². The molecule has 1 aromatic heterocycles. The largest absolute Gasteiger partial charge is 0.480 e. The van der Waals surface area contributed by atoms with E-state index in [1.54, 1.807) is 23.8 Å². The van der Waals surface area contributed by atoms with Gasteiger partial charge in [0.05, 0.1) is 24.3 Å². The number of carboxylic acid groups (broad SMARTS) is 1. The number of imidazole rings is 1. The number of hydrogen-bond acceptors (Lipinski definition) is 8. The maximum Gasteiger partial charge on any atom is 0.329 e. The van der Waals surface area contributed by atoms with Crippen molar-refractivity contribution in [3.05, 3.63) is 48.0 Å². The molecule has 0 saturated carbocycles. The Labute approximate surface area is 211 Å². The van der Waals surface area contributed by atoms with Gasteiger partial charge in [0.25, 0.3) is 10.0 Å². The Morgan fingerprint density at radius 2 is 1.68 bits per heavy atom. The number of aliphatic carboxylic acids is 1. The van der Waals surface area contributed by atoms with Gasteiger partial charge in [0, 0.05) is 31.3 Å². The number of urea groups is 1. The van der Waals surface area contributed by atoms with Crippen molar-refractivity contribution in [3.8, 4) is 0 Å². The summed E-state index contributed by atoms with van der Waals surface area (Å²) in [6.07, 6.45) is 2.62. The number of sulfonamides is 1. The number of carboxylic acids is 1. The Morgan fingerprint density at radius 3 is 2.32 bits per heavy atom. The fourth-order valence-electron chi connectivity index (χ4n) is 2.93. The lowest BCUT2D eigenvalue weighted by Crippen LogP contribution is -2.46. The van der Waals surface area contributed by atoms with E-state index in [0.717, 1.165) is 0 Å². The third-order valence-electron chi connectivity index (χ3n) is 4.75. The predicted octanol–water partition coefficient (Wildman–Crippen LogP) is -1.86. The van der Waals surface area contributed by atoms with Crippen molar-refractivity contribution in [1.82, 2.24) is 36.0 Å². The van der Waals surface area contributed by atoms with Gasteiger partial charge in [-0.2, -0.15) is 0 Å². The molecule has 2 aromatic rings. The molecule has 15 nitrogen and oxygen atoms in total. The minimum Gasteiger partial charge on any atom is -0.480 e. The van der Waals surface area contributed by atoms with Crippen LogP contribution in [0.5, 0.6) is 0 Å². The lowest BCUT2D eigenvalue weighted by Gasteiger charge is -2.14. The molecule has 0 bridgehead atoms. The monoisotopic (exact) mass is 537 g/mol. The molecule has 1 heterocycles. The third kappa shape index (κ3) is 9.96. The van der Waals surface area contributed by atoms with Crippen LogP contribution in [0.1, 0.15) is 17.7 Å². The molecule has 0 spiro atoms. The van der Waals surface area contributed by atoms with Crippen LogP contribution in [0.15, 0.2) is 41.7 Å². The van der Waals surface area contributed by atoms with Gasteiger partial charge in [0.15, 0.2) is 0 Å². The second-order valence-electron chi connectivity index (χ2n) is 7.67. The van der Waals surface area contributed by atoms with E-state index >= 15 is 0 Å². The van der Waals surface area contributed by atoms with Crippen molar-refractivity contribution >= 4 is 39.7 Å². The Morgan fingerprint density at radius 1 is 1.00 bits per heavy atom. The molecule has 0 unspecified atom stereocenters. The Bertz CT molecular complexity index is 1230. The van der Waals surface area contributed by atoms with Gasteiger partial charge in [-0.1, -0.05) is 18.2 Å². The van der Waals surface area contributed by atoms with Gasteiger partial charge < -0.3 is 31.4 Å². The van der Waals surface area contributed by atoms with E-state index in [4.69, 9.17) is 0 Å². The van der Waals surface area contributed by atoms with Crippen LogP contribution in [-0.4, -0.2) is 78.9 Å². The van der Waals surface area contributed by atoms with Gasteiger partial charge in [-0.3, -0.25) is 14.4 Å². The van der Waals surface area contributed by atoms with Crippen LogP contribution in [0, 0.1) is 6.92 Å². The molecule has 1 aromatic carbocycles. The summed E-state index contributed by atoms with van der Waals surface area (Å²) in [5.74, 6) is -3.24. The van der Waals surface area contributed by atoms with Crippen LogP contribution in [0.2, 0.25) is 0 Å². The van der Waals surface area contributed by atoms with Gasteiger partial charge in [-0.05, 0) is 18.6 Å². The average molecular weight is 538 g/mol. The van der Waals surface area contributed by atoms with Crippen molar-refractivity contribution < 1.29 is 37.5 Å². The smallest absolute Gasteiger partial charge is 0.329 e. The summed E-state index contributed by atoms with van der Waals surface area (Å²) in [7, 11) is -4.13. The molecule has 2 rings (SSSR count). The number of carbonyl (C=O) groups is 5. The standard InChI is InChI=1S/C21H27N7O8S/c1-13-4-2-3-5-16(13)37(35,36)28-21(34)25-11-19(31)24-10-18(30)23-7-6-17(29)27-15(20(32)33)8-14-9-22-12-26-14/h2-5,9,12,15H,6-8,10-11H2,1H3,(H,22,26)(H,23,30)(H,24,31)(H,27,29)(H,32,33)(H2,25,28,34)/t15-/m0/s1. The highest BCUT2D eigenvalue weighted by atomic mass is 32.2. The van der Waals surface area contributed by atoms with Gasteiger partial charge in [-0.15, -0.1) is 0 Å². The molecule has 7 N–H and O–H groups in total. The zero-order valence-corrected chi connectivity index (χ0v) is 20.6. The first-order chi connectivity index (χ1) is 17.5. The summed E-state index contributed by atoms with van der Waals surface area (Å²) in [6.45, 7) is 0.377.